The number of anilines is 1. The molecule has 0 spiro atoms. The summed E-state index contributed by atoms with van der Waals surface area (Å²) >= 11 is 0. The van der Waals surface area contributed by atoms with E-state index in [1.54, 1.807) is 13.2 Å². The number of nitrogens with zero attached hydrogens (tertiary/aromatic N) is 2. The molecule has 0 aliphatic rings. The number of hydrogen-bond acceptors (Lipinski definition) is 5. The maximum atomic E-state index is 8.56. The summed E-state index contributed by atoms with van der Waals surface area (Å²) in [6, 6.07) is 0. The highest BCUT2D eigenvalue weighted by atomic mass is 16.5. The minimum absolute atomic E-state index is 0.0155. The Morgan fingerprint density at radius 1 is 1.62 bits per heavy atom. The van der Waals surface area contributed by atoms with Crippen molar-refractivity contribution in [2.45, 2.75) is 6.92 Å². The molecular formula is C8H13N3O2. The van der Waals surface area contributed by atoms with Gasteiger partial charge in [0.15, 0.2) is 0 Å². The van der Waals surface area contributed by atoms with Gasteiger partial charge < -0.3 is 15.2 Å². The molecule has 5 nitrogen and oxygen atoms in total. The third-order valence-corrected chi connectivity index (χ3v) is 1.48. The predicted octanol–water partition coefficient (Wildman–Crippen LogP) is 0.198. The number of aromatic nitrogens is 2. The fourth-order valence-corrected chi connectivity index (χ4v) is 0.835. The Labute approximate surface area is 76.8 Å². The van der Waals surface area contributed by atoms with Gasteiger partial charge >= 0.3 is 0 Å². The van der Waals surface area contributed by atoms with Crippen molar-refractivity contribution in [3.8, 4) is 5.88 Å². The van der Waals surface area contributed by atoms with Gasteiger partial charge in [-0.25, -0.2) is 4.98 Å². The van der Waals surface area contributed by atoms with E-state index in [0.29, 0.717) is 11.8 Å². The van der Waals surface area contributed by atoms with E-state index in [1.165, 1.54) is 0 Å². The van der Waals surface area contributed by atoms with Gasteiger partial charge in [-0.15, -0.1) is 0 Å². The van der Waals surface area contributed by atoms with Gasteiger partial charge in [0.05, 0.1) is 6.61 Å². The molecule has 72 valence electrons. The van der Waals surface area contributed by atoms with Gasteiger partial charge in [0.25, 0.3) is 0 Å². The second-order valence-corrected chi connectivity index (χ2v) is 2.50. The fourth-order valence-electron chi connectivity index (χ4n) is 0.835. The molecule has 0 aromatic carbocycles. The molecule has 1 aromatic heterocycles. The SMILES string of the molecule is CNc1ncc(C)c(OCCO)n1. The Morgan fingerprint density at radius 3 is 3.00 bits per heavy atom. The van der Waals surface area contributed by atoms with Crippen LogP contribution in [0, 0.1) is 6.92 Å². The standard InChI is InChI=1S/C8H13N3O2/c1-6-5-10-8(9-2)11-7(6)13-4-3-12/h5,12H,3-4H2,1-2H3,(H,9,10,11). The molecule has 0 fully saturated rings. The molecule has 0 bridgehead atoms. The second kappa shape index (κ2) is 4.61. The Bertz CT molecular complexity index is 278. The van der Waals surface area contributed by atoms with E-state index in [-0.39, 0.29) is 13.2 Å². The fraction of sp³-hybridized carbons (Fsp3) is 0.500. The van der Waals surface area contributed by atoms with Gasteiger partial charge in [0.2, 0.25) is 11.8 Å². The molecule has 0 saturated carbocycles. The molecule has 13 heavy (non-hydrogen) atoms. The molecule has 0 saturated heterocycles. The topological polar surface area (TPSA) is 67.3 Å². The lowest BCUT2D eigenvalue weighted by atomic mass is 10.4. The van der Waals surface area contributed by atoms with E-state index < -0.39 is 0 Å². The van der Waals surface area contributed by atoms with Crippen LogP contribution in [0.2, 0.25) is 0 Å². The van der Waals surface area contributed by atoms with E-state index in [0.717, 1.165) is 5.56 Å². The van der Waals surface area contributed by atoms with Crippen LogP contribution in [0.25, 0.3) is 0 Å². The molecule has 0 radical (unpaired) electrons. The van der Waals surface area contributed by atoms with Crippen molar-refractivity contribution in [1.82, 2.24) is 9.97 Å². The smallest absolute Gasteiger partial charge is 0.225 e. The van der Waals surface area contributed by atoms with Crippen LogP contribution in [0.4, 0.5) is 5.95 Å². The molecule has 5 heteroatoms. The maximum absolute atomic E-state index is 8.56. The lowest BCUT2D eigenvalue weighted by Gasteiger charge is -2.07. The van der Waals surface area contributed by atoms with Gasteiger partial charge in [-0.2, -0.15) is 4.98 Å². The van der Waals surface area contributed by atoms with Gasteiger partial charge in [0, 0.05) is 18.8 Å². The number of rotatable bonds is 4. The normalized spacial score (nSPS) is 9.77. The van der Waals surface area contributed by atoms with Crippen LogP contribution in [-0.4, -0.2) is 35.3 Å². The quantitative estimate of drug-likeness (QED) is 0.697. The monoisotopic (exact) mass is 183 g/mol. The first-order valence-corrected chi connectivity index (χ1v) is 4.03. The lowest BCUT2D eigenvalue weighted by Crippen LogP contribution is -2.06. The van der Waals surface area contributed by atoms with Gasteiger partial charge in [-0.1, -0.05) is 0 Å². The first kappa shape index (κ1) is 9.73. The summed E-state index contributed by atoms with van der Waals surface area (Å²) in [5, 5.41) is 11.4. The highest BCUT2D eigenvalue weighted by molar-refractivity contribution is 5.31. The zero-order chi connectivity index (χ0) is 9.68. The van der Waals surface area contributed by atoms with Crippen molar-refractivity contribution >= 4 is 5.95 Å². The molecule has 1 aromatic rings. The van der Waals surface area contributed by atoms with Crippen molar-refractivity contribution < 1.29 is 9.84 Å². The van der Waals surface area contributed by atoms with Crippen molar-refractivity contribution in [3.63, 3.8) is 0 Å². The predicted molar refractivity (Wildman–Crippen MR) is 48.9 cm³/mol. The maximum Gasteiger partial charge on any atom is 0.225 e. The summed E-state index contributed by atoms with van der Waals surface area (Å²) in [6.45, 7) is 2.09. The molecule has 1 heterocycles. The number of ether oxygens (including phenoxy) is 1. The molecule has 0 atom stereocenters. The number of aliphatic hydroxyl groups excluding tert-OH is 1. The average Bonchev–Trinajstić information content (AvgIpc) is 2.17. The van der Waals surface area contributed by atoms with E-state index in [1.807, 2.05) is 6.92 Å². The van der Waals surface area contributed by atoms with Crippen LogP contribution in [0.1, 0.15) is 5.56 Å². The van der Waals surface area contributed by atoms with Crippen molar-refractivity contribution in [3.05, 3.63) is 11.8 Å². The molecule has 0 unspecified atom stereocenters. The molecule has 0 aliphatic heterocycles. The van der Waals surface area contributed by atoms with Crippen molar-refractivity contribution in [2.75, 3.05) is 25.6 Å². The largest absolute Gasteiger partial charge is 0.475 e. The van der Waals surface area contributed by atoms with Gasteiger partial charge in [0.1, 0.15) is 6.61 Å². The Balaban J connectivity index is 2.78. The average molecular weight is 183 g/mol. The van der Waals surface area contributed by atoms with Crippen LogP contribution in [-0.2, 0) is 0 Å². The summed E-state index contributed by atoms with van der Waals surface area (Å²) in [5.41, 5.74) is 0.854. The molecule has 2 N–H and O–H groups in total. The lowest BCUT2D eigenvalue weighted by molar-refractivity contribution is 0.196. The van der Waals surface area contributed by atoms with Crippen LogP contribution >= 0.6 is 0 Å². The first-order chi connectivity index (χ1) is 6.27. The van der Waals surface area contributed by atoms with Crippen LogP contribution < -0.4 is 10.1 Å². The summed E-state index contributed by atoms with van der Waals surface area (Å²) in [7, 11) is 1.74. The van der Waals surface area contributed by atoms with E-state index in [2.05, 4.69) is 15.3 Å². The third kappa shape index (κ3) is 2.55. The minimum Gasteiger partial charge on any atom is -0.475 e. The van der Waals surface area contributed by atoms with Gasteiger partial charge in [-0.05, 0) is 6.92 Å². The summed E-state index contributed by atoms with van der Waals surface area (Å²) in [5.74, 6) is 1.02. The third-order valence-electron chi connectivity index (χ3n) is 1.48. The van der Waals surface area contributed by atoms with E-state index in [9.17, 15) is 0 Å². The van der Waals surface area contributed by atoms with Crippen molar-refractivity contribution in [1.29, 1.82) is 0 Å². The Kier molecular flexibility index (Phi) is 3.45. The Morgan fingerprint density at radius 2 is 2.38 bits per heavy atom. The molecule has 0 aliphatic carbocycles. The minimum atomic E-state index is -0.0155. The number of aryl methyl sites for hydroxylation is 1. The van der Waals surface area contributed by atoms with E-state index in [4.69, 9.17) is 9.84 Å². The summed E-state index contributed by atoms with van der Waals surface area (Å²) in [4.78, 5) is 8.07. The highest BCUT2D eigenvalue weighted by Crippen LogP contribution is 2.14. The Hall–Kier alpha value is -1.36. The summed E-state index contributed by atoms with van der Waals surface area (Å²) in [6.07, 6.45) is 1.67. The van der Waals surface area contributed by atoms with Crippen LogP contribution in [0.15, 0.2) is 6.20 Å². The van der Waals surface area contributed by atoms with E-state index >= 15 is 0 Å². The zero-order valence-electron chi connectivity index (χ0n) is 7.74. The molecular weight excluding hydrogens is 170 g/mol. The first-order valence-electron chi connectivity index (χ1n) is 4.03. The zero-order valence-corrected chi connectivity index (χ0v) is 7.74. The molecule has 1 rings (SSSR count). The van der Waals surface area contributed by atoms with Crippen LogP contribution in [0.3, 0.4) is 0 Å². The van der Waals surface area contributed by atoms with Crippen molar-refractivity contribution in [2.24, 2.45) is 0 Å². The van der Waals surface area contributed by atoms with Crippen LogP contribution in [0.5, 0.6) is 5.88 Å². The van der Waals surface area contributed by atoms with Gasteiger partial charge in [-0.3, -0.25) is 0 Å². The number of aliphatic hydroxyl groups is 1. The highest BCUT2D eigenvalue weighted by Gasteiger charge is 2.02. The number of hydrogen-bond donors (Lipinski definition) is 2. The summed E-state index contributed by atoms with van der Waals surface area (Å²) < 4.78 is 5.19. The second-order valence-electron chi connectivity index (χ2n) is 2.50. The molecule has 0 amide bonds. The number of nitrogens with one attached hydrogen (secondary N) is 1.